The van der Waals surface area contributed by atoms with Gasteiger partial charge in [0.15, 0.2) is 0 Å². The molecule has 0 saturated heterocycles. The molecular formula is C74H48N2. The number of nitrogens with zero attached hydrogens (tertiary/aromatic N) is 2. The Kier molecular flexibility index (Phi) is 8.31. The normalized spacial score (nSPS) is 14.1. The van der Waals surface area contributed by atoms with Gasteiger partial charge in [-0.25, -0.2) is 0 Å². The van der Waals surface area contributed by atoms with E-state index in [1.165, 1.54) is 138 Å². The first-order chi connectivity index (χ1) is 37.5. The quantitative estimate of drug-likeness (QED) is 0.171. The molecule has 12 aromatic carbocycles. The zero-order chi connectivity index (χ0) is 50.0. The Balaban J connectivity index is 0.876. The molecule has 354 valence electrons. The van der Waals surface area contributed by atoms with E-state index in [0.717, 1.165) is 17.1 Å². The molecule has 0 atom stereocenters. The number of rotatable bonds is 4. The van der Waals surface area contributed by atoms with Crippen LogP contribution in [0.3, 0.4) is 0 Å². The van der Waals surface area contributed by atoms with Crippen molar-refractivity contribution in [2.45, 2.75) is 24.7 Å². The summed E-state index contributed by atoms with van der Waals surface area (Å²) in [5.74, 6) is 0. The Morgan fingerprint density at radius 2 is 0.829 bits per heavy atom. The topological polar surface area (TPSA) is 8.17 Å². The van der Waals surface area contributed by atoms with E-state index in [2.05, 4.69) is 278 Å². The molecule has 2 nitrogen and oxygen atoms in total. The highest BCUT2D eigenvalue weighted by molar-refractivity contribution is 6.13. The third-order valence-electron chi connectivity index (χ3n) is 17.9. The molecule has 0 N–H and O–H groups in total. The second-order valence-corrected chi connectivity index (χ2v) is 21.6. The lowest BCUT2D eigenvalue weighted by Crippen LogP contribution is -2.33. The van der Waals surface area contributed by atoms with Gasteiger partial charge in [0, 0.05) is 27.5 Å². The molecule has 0 bridgehead atoms. The summed E-state index contributed by atoms with van der Waals surface area (Å²) in [6, 6.07) is 96.9. The van der Waals surface area contributed by atoms with Crippen LogP contribution >= 0.6 is 0 Å². The summed E-state index contributed by atoms with van der Waals surface area (Å²) in [6.07, 6.45) is 0. The molecule has 13 aromatic rings. The Labute approximate surface area is 442 Å². The molecule has 1 aliphatic heterocycles. The molecule has 2 spiro atoms. The monoisotopic (exact) mass is 964 g/mol. The second kappa shape index (κ2) is 15.1. The van der Waals surface area contributed by atoms with Crippen molar-refractivity contribution in [3.05, 3.63) is 310 Å². The Morgan fingerprint density at radius 1 is 0.316 bits per heavy atom. The number of anilines is 3. The van der Waals surface area contributed by atoms with E-state index in [-0.39, 0.29) is 0 Å². The molecule has 0 saturated carbocycles. The number of aromatic nitrogens is 1. The molecule has 4 aliphatic rings. The molecular weight excluding hydrogens is 917 g/mol. The number of hydrogen-bond acceptors (Lipinski definition) is 1. The van der Waals surface area contributed by atoms with Crippen LogP contribution in [-0.4, -0.2) is 4.57 Å². The number of aryl methyl sites for hydroxylation is 2. The molecule has 0 amide bonds. The van der Waals surface area contributed by atoms with Gasteiger partial charge < -0.3 is 9.47 Å². The summed E-state index contributed by atoms with van der Waals surface area (Å²) < 4.78 is 2.57. The standard InChI is InChI=1S/C74H48N2/c1-45-30-38-70-59(40-45)60-41-46(2)42-68-72(60)76(70)71-39-33-49(43-67(71)74(68)64-27-13-7-21-55(64)56-22-8-14-28-65(56)74)47-31-34-50(35-32-47)75(69-29-15-17-48-16-3-4-18-52(48)69)51-36-37-58-57-23-9-12-26-63(57)73(66(58)44-51)61-24-10-5-19-53(61)54-20-6-11-25-62(54)73/h3-44H,1-2H3. The summed E-state index contributed by atoms with van der Waals surface area (Å²) in [5, 5.41) is 5.04. The highest BCUT2D eigenvalue weighted by Gasteiger charge is 2.53. The average molecular weight is 965 g/mol. The summed E-state index contributed by atoms with van der Waals surface area (Å²) in [7, 11) is 0. The van der Waals surface area contributed by atoms with Gasteiger partial charge in [-0.05, 0) is 169 Å². The van der Waals surface area contributed by atoms with Crippen molar-refractivity contribution >= 4 is 49.6 Å². The van der Waals surface area contributed by atoms with E-state index in [1.54, 1.807) is 0 Å². The summed E-state index contributed by atoms with van der Waals surface area (Å²) >= 11 is 0. The van der Waals surface area contributed by atoms with E-state index in [4.69, 9.17) is 0 Å². The average Bonchev–Trinajstić information content (AvgIpc) is 3.84. The number of fused-ring (bicyclic) bond motifs is 23. The number of hydrogen-bond donors (Lipinski definition) is 0. The third-order valence-corrected chi connectivity index (χ3v) is 17.9. The smallest absolute Gasteiger partial charge is 0.0754 e. The van der Waals surface area contributed by atoms with Crippen LogP contribution in [0.5, 0.6) is 0 Å². The zero-order valence-electron chi connectivity index (χ0n) is 42.1. The Bertz CT molecular complexity index is 4570. The SMILES string of the molecule is Cc1ccc2c(c1)c1cc(C)cc3c1n2-c1ccc(-c2ccc(N(c4ccc5c(c4)C4(c6ccccc6-c6ccccc64)c4ccccc4-5)c4cccc5ccccc45)cc2)cc1C31c2ccccc2-c2ccccc21. The van der Waals surface area contributed by atoms with Crippen LogP contribution in [0.4, 0.5) is 17.1 Å². The minimum absolute atomic E-state index is 0.454. The Morgan fingerprint density at radius 3 is 1.46 bits per heavy atom. The number of benzene rings is 12. The maximum Gasteiger partial charge on any atom is 0.0754 e. The van der Waals surface area contributed by atoms with Gasteiger partial charge in [-0.2, -0.15) is 0 Å². The third kappa shape index (κ3) is 5.21. The predicted octanol–water partition coefficient (Wildman–Crippen LogP) is 18.7. The highest BCUT2D eigenvalue weighted by atomic mass is 15.1. The molecule has 17 rings (SSSR count). The van der Waals surface area contributed by atoms with E-state index in [0.29, 0.717) is 0 Å². The van der Waals surface area contributed by atoms with Gasteiger partial charge >= 0.3 is 0 Å². The summed E-state index contributed by atoms with van der Waals surface area (Å²) in [5.41, 5.74) is 29.6. The van der Waals surface area contributed by atoms with Crippen LogP contribution in [0, 0.1) is 13.8 Å². The van der Waals surface area contributed by atoms with Crippen molar-refractivity contribution in [1.29, 1.82) is 0 Å². The first kappa shape index (κ1) is 41.9. The molecule has 1 aromatic heterocycles. The maximum atomic E-state index is 2.57. The van der Waals surface area contributed by atoms with Gasteiger partial charge in [0.1, 0.15) is 0 Å². The van der Waals surface area contributed by atoms with Crippen molar-refractivity contribution in [2.75, 3.05) is 4.90 Å². The molecule has 2 heteroatoms. The fourth-order valence-corrected chi connectivity index (χ4v) is 15.0. The van der Waals surface area contributed by atoms with E-state index in [9.17, 15) is 0 Å². The van der Waals surface area contributed by atoms with Gasteiger partial charge in [0.05, 0.1) is 33.2 Å². The summed E-state index contributed by atoms with van der Waals surface area (Å²) in [6.45, 7) is 4.49. The first-order valence-corrected chi connectivity index (χ1v) is 26.7. The van der Waals surface area contributed by atoms with Crippen LogP contribution in [0.15, 0.2) is 255 Å². The van der Waals surface area contributed by atoms with Crippen LogP contribution < -0.4 is 4.90 Å². The van der Waals surface area contributed by atoms with Gasteiger partial charge in [-0.1, -0.05) is 205 Å². The van der Waals surface area contributed by atoms with Gasteiger partial charge in [0.25, 0.3) is 0 Å². The highest BCUT2D eigenvalue weighted by Crippen LogP contribution is 2.64. The van der Waals surface area contributed by atoms with Gasteiger partial charge in [0.2, 0.25) is 0 Å². The molecule has 0 radical (unpaired) electrons. The molecule has 3 aliphatic carbocycles. The fourth-order valence-electron chi connectivity index (χ4n) is 15.0. The molecule has 0 unspecified atom stereocenters. The maximum absolute atomic E-state index is 2.57. The minimum atomic E-state index is -0.530. The lowest BCUT2D eigenvalue weighted by Gasteiger charge is -2.40. The van der Waals surface area contributed by atoms with Crippen molar-refractivity contribution in [1.82, 2.24) is 4.57 Å². The fraction of sp³-hybridized carbons (Fsp3) is 0.0541. The molecule has 2 heterocycles. The van der Waals surface area contributed by atoms with E-state index in [1.807, 2.05) is 0 Å². The van der Waals surface area contributed by atoms with Crippen LogP contribution in [-0.2, 0) is 10.8 Å². The van der Waals surface area contributed by atoms with Crippen LogP contribution in [0.25, 0.3) is 82.8 Å². The van der Waals surface area contributed by atoms with Crippen LogP contribution in [0.1, 0.15) is 55.6 Å². The van der Waals surface area contributed by atoms with Crippen molar-refractivity contribution in [3.63, 3.8) is 0 Å². The van der Waals surface area contributed by atoms with E-state index >= 15 is 0 Å². The van der Waals surface area contributed by atoms with Crippen molar-refractivity contribution < 1.29 is 0 Å². The van der Waals surface area contributed by atoms with Crippen LogP contribution in [0.2, 0.25) is 0 Å². The summed E-state index contributed by atoms with van der Waals surface area (Å²) in [4.78, 5) is 2.49. The lowest BCUT2D eigenvalue weighted by atomic mass is 9.65. The van der Waals surface area contributed by atoms with Gasteiger partial charge in [-0.3, -0.25) is 0 Å². The van der Waals surface area contributed by atoms with Crippen molar-refractivity contribution in [3.8, 4) is 50.2 Å². The second-order valence-electron chi connectivity index (χ2n) is 21.6. The lowest BCUT2D eigenvalue weighted by molar-refractivity contribution is 0.748. The first-order valence-electron chi connectivity index (χ1n) is 26.7. The predicted molar refractivity (Wildman–Crippen MR) is 315 cm³/mol. The molecule has 0 fully saturated rings. The van der Waals surface area contributed by atoms with Crippen molar-refractivity contribution in [2.24, 2.45) is 0 Å². The zero-order valence-corrected chi connectivity index (χ0v) is 42.1. The van der Waals surface area contributed by atoms with E-state index < -0.39 is 10.8 Å². The minimum Gasteiger partial charge on any atom is -0.310 e. The molecule has 76 heavy (non-hydrogen) atoms. The Hall–Kier alpha value is -9.50. The largest absolute Gasteiger partial charge is 0.310 e. The van der Waals surface area contributed by atoms with Gasteiger partial charge in [-0.15, -0.1) is 0 Å².